The van der Waals surface area contributed by atoms with Gasteiger partial charge in [-0.2, -0.15) is 0 Å². The fraction of sp³-hybridized carbons (Fsp3) is 0.571. The molecule has 2 heteroatoms. The van der Waals surface area contributed by atoms with Crippen molar-refractivity contribution in [3.63, 3.8) is 0 Å². The Morgan fingerprint density at radius 1 is 1.25 bits per heavy atom. The Kier molecular flexibility index (Phi) is 3.97. The summed E-state index contributed by atoms with van der Waals surface area (Å²) in [5.41, 5.74) is 1.48. The van der Waals surface area contributed by atoms with Gasteiger partial charge in [-0.25, -0.2) is 0 Å². The van der Waals surface area contributed by atoms with Gasteiger partial charge in [0.1, 0.15) is 0 Å². The highest BCUT2D eigenvalue weighted by Crippen LogP contribution is 2.31. The number of nitrogens with zero attached hydrogens (tertiary/aromatic N) is 1. The lowest BCUT2D eigenvalue weighted by molar-refractivity contribution is 0.159. The highest BCUT2D eigenvalue weighted by atomic mass is 16.5. The number of benzene rings is 1. The number of ether oxygens (including phenoxy) is 1. The highest BCUT2D eigenvalue weighted by Gasteiger charge is 2.29. The zero-order chi connectivity index (χ0) is 11.4. The predicted molar refractivity (Wildman–Crippen MR) is 66.7 cm³/mol. The second-order valence-corrected chi connectivity index (χ2v) is 4.75. The summed E-state index contributed by atoms with van der Waals surface area (Å²) in [5, 5.41) is 0. The lowest BCUT2D eigenvalue weighted by atomic mass is 9.90. The second-order valence-electron chi connectivity index (χ2n) is 4.75. The fourth-order valence-electron chi connectivity index (χ4n) is 2.60. The highest BCUT2D eigenvalue weighted by molar-refractivity contribution is 5.22. The summed E-state index contributed by atoms with van der Waals surface area (Å²) in [6, 6.07) is 10.9. The van der Waals surface area contributed by atoms with E-state index in [0.717, 1.165) is 19.1 Å². The first-order valence-corrected chi connectivity index (χ1v) is 6.07. The minimum absolute atomic E-state index is 0.693. The maximum atomic E-state index is 5.14. The number of likely N-dealkylation sites (tertiary alicyclic amines) is 1. The average molecular weight is 219 g/mol. The molecule has 0 bridgehead atoms. The molecule has 0 aliphatic carbocycles. The minimum Gasteiger partial charge on any atom is -0.383 e. The Balaban J connectivity index is 1.97. The summed E-state index contributed by atoms with van der Waals surface area (Å²) in [5.74, 6) is 1.44. The molecule has 0 N–H and O–H groups in total. The molecule has 1 aliphatic heterocycles. The van der Waals surface area contributed by atoms with Gasteiger partial charge in [-0.05, 0) is 11.5 Å². The Labute approximate surface area is 98.2 Å². The van der Waals surface area contributed by atoms with E-state index >= 15 is 0 Å². The molecule has 1 fully saturated rings. The molecule has 2 rings (SSSR count). The van der Waals surface area contributed by atoms with E-state index in [2.05, 4.69) is 42.2 Å². The van der Waals surface area contributed by atoms with Crippen molar-refractivity contribution in [1.82, 2.24) is 4.90 Å². The third kappa shape index (κ3) is 2.63. The van der Waals surface area contributed by atoms with Crippen LogP contribution >= 0.6 is 0 Å². The molecule has 88 valence electrons. The van der Waals surface area contributed by atoms with Crippen LogP contribution in [0.1, 0.15) is 18.4 Å². The molecule has 0 amide bonds. The van der Waals surface area contributed by atoms with Crippen LogP contribution in [0.4, 0.5) is 0 Å². The molecule has 2 nitrogen and oxygen atoms in total. The summed E-state index contributed by atoms with van der Waals surface area (Å²) >= 11 is 0. The third-order valence-electron chi connectivity index (χ3n) is 3.53. The van der Waals surface area contributed by atoms with E-state index in [0.29, 0.717) is 5.92 Å². The van der Waals surface area contributed by atoms with Crippen molar-refractivity contribution in [2.24, 2.45) is 5.92 Å². The van der Waals surface area contributed by atoms with Crippen molar-refractivity contribution >= 4 is 0 Å². The minimum atomic E-state index is 0.693. The van der Waals surface area contributed by atoms with Gasteiger partial charge in [0.15, 0.2) is 0 Å². The van der Waals surface area contributed by atoms with Crippen LogP contribution in [0.2, 0.25) is 0 Å². The molecule has 16 heavy (non-hydrogen) atoms. The van der Waals surface area contributed by atoms with Crippen LogP contribution in [0, 0.1) is 5.92 Å². The molecule has 0 unspecified atom stereocenters. The Bertz CT molecular complexity index is 312. The smallest absolute Gasteiger partial charge is 0.0589 e. The quantitative estimate of drug-likeness (QED) is 0.771. The summed E-state index contributed by atoms with van der Waals surface area (Å²) in [6.07, 6.45) is 0. The summed E-state index contributed by atoms with van der Waals surface area (Å²) in [7, 11) is 1.77. The zero-order valence-corrected chi connectivity index (χ0v) is 10.2. The van der Waals surface area contributed by atoms with E-state index in [-0.39, 0.29) is 0 Å². The van der Waals surface area contributed by atoms with Gasteiger partial charge in [-0.15, -0.1) is 0 Å². The summed E-state index contributed by atoms with van der Waals surface area (Å²) < 4.78 is 5.14. The van der Waals surface area contributed by atoms with Crippen molar-refractivity contribution in [3.8, 4) is 0 Å². The molecular formula is C14H21NO. The van der Waals surface area contributed by atoms with E-state index in [4.69, 9.17) is 4.74 Å². The Morgan fingerprint density at radius 3 is 2.69 bits per heavy atom. The van der Waals surface area contributed by atoms with Crippen LogP contribution in [0.25, 0.3) is 0 Å². The maximum absolute atomic E-state index is 5.14. The lowest BCUT2D eigenvalue weighted by Gasteiger charge is -2.15. The van der Waals surface area contributed by atoms with E-state index in [9.17, 15) is 0 Å². The van der Waals surface area contributed by atoms with Crippen molar-refractivity contribution in [3.05, 3.63) is 35.9 Å². The molecule has 1 heterocycles. The van der Waals surface area contributed by atoms with Gasteiger partial charge in [0.05, 0.1) is 6.61 Å². The molecular weight excluding hydrogens is 198 g/mol. The van der Waals surface area contributed by atoms with Gasteiger partial charge in [0.2, 0.25) is 0 Å². The third-order valence-corrected chi connectivity index (χ3v) is 3.53. The molecule has 0 saturated carbocycles. The number of hydrogen-bond donors (Lipinski definition) is 0. The number of hydrogen-bond acceptors (Lipinski definition) is 2. The van der Waals surface area contributed by atoms with Crippen molar-refractivity contribution in [2.45, 2.75) is 12.8 Å². The SMILES string of the molecule is COCCN1C[C@@H](C)[C@H](c2ccccc2)C1. The predicted octanol–water partition coefficient (Wildman–Crippen LogP) is 2.37. The van der Waals surface area contributed by atoms with Crippen LogP contribution in [0.3, 0.4) is 0 Å². The van der Waals surface area contributed by atoms with Crippen molar-refractivity contribution in [2.75, 3.05) is 33.4 Å². The molecule has 1 aromatic rings. The second kappa shape index (κ2) is 5.46. The van der Waals surface area contributed by atoms with E-state index < -0.39 is 0 Å². The number of methoxy groups -OCH3 is 1. The first-order valence-electron chi connectivity index (χ1n) is 6.07. The number of rotatable bonds is 4. The van der Waals surface area contributed by atoms with Gasteiger partial charge < -0.3 is 9.64 Å². The molecule has 2 atom stereocenters. The zero-order valence-electron chi connectivity index (χ0n) is 10.2. The van der Waals surface area contributed by atoms with Crippen LogP contribution < -0.4 is 0 Å². The normalized spacial score (nSPS) is 26.1. The van der Waals surface area contributed by atoms with E-state index in [1.807, 2.05) is 0 Å². The summed E-state index contributed by atoms with van der Waals surface area (Å²) in [4.78, 5) is 2.51. The van der Waals surface area contributed by atoms with Crippen LogP contribution in [-0.4, -0.2) is 38.3 Å². The Morgan fingerprint density at radius 2 is 2.00 bits per heavy atom. The van der Waals surface area contributed by atoms with Crippen molar-refractivity contribution < 1.29 is 4.74 Å². The van der Waals surface area contributed by atoms with Gasteiger partial charge in [0.25, 0.3) is 0 Å². The molecule has 0 aromatic heterocycles. The van der Waals surface area contributed by atoms with Gasteiger partial charge >= 0.3 is 0 Å². The largest absolute Gasteiger partial charge is 0.383 e. The lowest BCUT2D eigenvalue weighted by Crippen LogP contribution is -2.24. The molecule has 1 aliphatic rings. The van der Waals surface area contributed by atoms with E-state index in [1.165, 1.54) is 18.7 Å². The molecule has 1 saturated heterocycles. The van der Waals surface area contributed by atoms with Gasteiger partial charge in [-0.3, -0.25) is 0 Å². The van der Waals surface area contributed by atoms with Crippen LogP contribution in [0.5, 0.6) is 0 Å². The van der Waals surface area contributed by atoms with Crippen LogP contribution in [-0.2, 0) is 4.74 Å². The monoisotopic (exact) mass is 219 g/mol. The summed E-state index contributed by atoms with van der Waals surface area (Å²) in [6.45, 7) is 6.63. The van der Waals surface area contributed by atoms with Crippen LogP contribution in [0.15, 0.2) is 30.3 Å². The standard InChI is InChI=1S/C14H21NO/c1-12-10-15(8-9-16-2)11-14(12)13-6-4-3-5-7-13/h3-7,12,14H,8-11H2,1-2H3/t12-,14-/m1/s1. The van der Waals surface area contributed by atoms with Crippen molar-refractivity contribution in [1.29, 1.82) is 0 Å². The molecule has 0 spiro atoms. The van der Waals surface area contributed by atoms with Gasteiger partial charge in [-0.1, -0.05) is 37.3 Å². The topological polar surface area (TPSA) is 12.5 Å². The first kappa shape index (κ1) is 11.6. The van der Waals surface area contributed by atoms with E-state index in [1.54, 1.807) is 7.11 Å². The van der Waals surface area contributed by atoms with Gasteiger partial charge in [0, 0.05) is 32.7 Å². The molecule has 1 aromatic carbocycles. The Hall–Kier alpha value is -0.860. The maximum Gasteiger partial charge on any atom is 0.0589 e. The average Bonchev–Trinajstić information content (AvgIpc) is 2.69. The first-order chi connectivity index (χ1) is 7.81. The molecule has 0 radical (unpaired) electrons. The fourth-order valence-corrected chi connectivity index (χ4v) is 2.60.